The van der Waals surface area contributed by atoms with E-state index < -0.39 is 11.9 Å². The summed E-state index contributed by atoms with van der Waals surface area (Å²) in [4.78, 5) is 14.1. The lowest BCUT2D eigenvalue weighted by molar-refractivity contribution is -0.133. The molecule has 2 aromatic carbocycles. The van der Waals surface area contributed by atoms with Gasteiger partial charge in [-0.05, 0) is 36.2 Å². The zero-order valence-corrected chi connectivity index (χ0v) is 13.6. The van der Waals surface area contributed by atoms with Gasteiger partial charge in [0.2, 0.25) is 5.91 Å². The van der Waals surface area contributed by atoms with E-state index in [0.29, 0.717) is 6.42 Å². The molecule has 2 atom stereocenters. The number of ether oxygens (including phenoxy) is 1. The third-order valence-corrected chi connectivity index (χ3v) is 4.26. The maximum atomic E-state index is 13.5. The van der Waals surface area contributed by atoms with Crippen LogP contribution in [0.25, 0.3) is 0 Å². The number of aliphatic hydroxyl groups is 1. The molecule has 0 spiro atoms. The van der Waals surface area contributed by atoms with E-state index in [2.05, 4.69) is 0 Å². The Morgan fingerprint density at radius 1 is 1.16 bits per heavy atom. The van der Waals surface area contributed by atoms with E-state index in [1.807, 2.05) is 0 Å². The number of rotatable bonds is 5. The SMILES string of the molecule is O=C(CCOc1ccccc1F)N1C[C@H](O)C[C@H]1c1ccc(F)cc1. The highest BCUT2D eigenvalue weighted by Gasteiger charge is 2.34. The fourth-order valence-corrected chi connectivity index (χ4v) is 3.04. The zero-order chi connectivity index (χ0) is 17.8. The number of carbonyl (C=O) groups is 1. The van der Waals surface area contributed by atoms with E-state index in [-0.39, 0.29) is 43.1 Å². The molecule has 6 heteroatoms. The highest BCUT2D eigenvalue weighted by atomic mass is 19.1. The van der Waals surface area contributed by atoms with Crippen LogP contribution in [-0.2, 0) is 4.79 Å². The highest BCUT2D eigenvalue weighted by molar-refractivity contribution is 5.77. The molecule has 1 amide bonds. The van der Waals surface area contributed by atoms with Crippen molar-refractivity contribution in [3.05, 3.63) is 65.7 Å². The molecule has 0 saturated carbocycles. The van der Waals surface area contributed by atoms with Gasteiger partial charge in [-0.3, -0.25) is 4.79 Å². The Kier molecular flexibility index (Phi) is 5.28. The standard InChI is InChI=1S/C19H19F2NO3/c20-14-7-5-13(6-8-14)17-11-15(23)12-22(17)19(24)9-10-25-18-4-2-1-3-16(18)21/h1-8,15,17,23H,9-12H2/t15-,17+/m1/s1. The van der Waals surface area contributed by atoms with E-state index >= 15 is 0 Å². The van der Waals surface area contributed by atoms with Crippen molar-refractivity contribution in [1.82, 2.24) is 4.90 Å². The predicted octanol–water partition coefficient (Wildman–Crippen LogP) is 3.07. The second kappa shape index (κ2) is 7.61. The second-order valence-corrected chi connectivity index (χ2v) is 6.03. The smallest absolute Gasteiger partial charge is 0.226 e. The van der Waals surface area contributed by atoms with Gasteiger partial charge in [0, 0.05) is 6.54 Å². The van der Waals surface area contributed by atoms with Gasteiger partial charge in [-0.15, -0.1) is 0 Å². The van der Waals surface area contributed by atoms with Gasteiger partial charge in [0.25, 0.3) is 0 Å². The molecule has 132 valence electrons. The molecule has 1 saturated heterocycles. The second-order valence-electron chi connectivity index (χ2n) is 6.03. The number of halogens is 2. The zero-order valence-electron chi connectivity index (χ0n) is 13.6. The Balaban J connectivity index is 1.61. The normalized spacial score (nSPS) is 19.9. The van der Waals surface area contributed by atoms with E-state index in [9.17, 15) is 18.7 Å². The number of amides is 1. The Labute approximate surface area is 144 Å². The molecule has 0 aliphatic carbocycles. The van der Waals surface area contributed by atoms with E-state index in [0.717, 1.165) is 5.56 Å². The summed E-state index contributed by atoms with van der Waals surface area (Å²) in [5, 5.41) is 9.93. The molecule has 1 heterocycles. The lowest BCUT2D eigenvalue weighted by Gasteiger charge is -2.25. The lowest BCUT2D eigenvalue weighted by Crippen LogP contribution is -2.32. The van der Waals surface area contributed by atoms with Crippen molar-refractivity contribution in [2.75, 3.05) is 13.2 Å². The van der Waals surface area contributed by atoms with Crippen LogP contribution in [0, 0.1) is 11.6 Å². The Morgan fingerprint density at radius 3 is 2.60 bits per heavy atom. The molecule has 0 unspecified atom stereocenters. The van der Waals surface area contributed by atoms with Gasteiger partial charge in [0.05, 0.1) is 25.2 Å². The average Bonchev–Trinajstić information content (AvgIpc) is 2.99. The van der Waals surface area contributed by atoms with Crippen LogP contribution in [-0.4, -0.2) is 35.2 Å². The minimum Gasteiger partial charge on any atom is -0.490 e. The number of carbonyl (C=O) groups excluding carboxylic acids is 1. The summed E-state index contributed by atoms with van der Waals surface area (Å²) in [7, 11) is 0. The number of β-amino-alcohol motifs (C(OH)–C–C–N with tert-alkyl or cyclic N) is 1. The number of para-hydroxylation sites is 1. The molecule has 4 nitrogen and oxygen atoms in total. The highest BCUT2D eigenvalue weighted by Crippen LogP contribution is 2.32. The van der Waals surface area contributed by atoms with Crippen LogP contribution >= 0.6 is 0 Å². The number of hydrogen-bond acceptors (Lipinski definition) is 3. The van der Waals surface area contributed by atoms with E-state index in [1.54, 1.807) is 29.2 Å². The average molecular weight is 347 g/mol. The first-order valence-electron chi connectivity index (χ1n) is 8.15. The molecule has 1 N–H and O–H groups in total. The summed E-state index contributed by atoms with van der Waals surface area (Å²) in [6.45, 7) is 0.267. The van der Waals surface area contributed by atoms with Crippen LogP contribution < -0.4 is 4.74 Å². The van der Waals surface area contributed by atoms with Gasteiger partial charge in [0.15, 0.2) is 11.6 Å². The van der Waals surface area contributed by atoms with Crippen molar-refractivity contribution in [3.63, 3.8) is 0 Å². The van der Waals surface area contributed by atoms with E-state index in [1.165, 1.54) is 24.3 Å². The number of benzene rings is 2. The number of aliphatic hydroxyl groups excluding tert-OH is 1. The number of nitrogens with zero attached hydrogens (tertiary/aromatic N) is 1. The molecule has 1 fully saturated rings. The summed E-state index contributed by atoms with van der Waals surface area (Å²) >= 11 is 0. The molecule has 3 rings (SSSR count). The summed E-state index contributed by atoms with van der Waals surface area (Å²) in [5.74, 6) is -0.914. The minimum absolute atomic E-state index is 0.0441. The van der Waals surface area contributed by atoms with Gasteiger partial charge in [-0.1, -0.05) is 24.3 Å². The number of hydrogen-bond donors (Lipinski definition) is 1. The molecule has 2 aromatic rings. The van der Waals surface area contributed by atoms with Crippen LogP contribution in [0.1, 0.15) is 24.4 Å². The molecule has 0 radical (unpaired) electrons. The van der Waals surface area contributed by atoms with Crippen LogP contribution in [0.3, 0.4) is 0 Å². The summed E-state index contributed by atoms with van der Waals surface area (Å²) in [5.41, 5.74) is 0.779. The van der Waals surface area contributed by atoms with Crippen molar-refractivity contribution in [1.29, 1.82) is 0 Å². The fraction of sp³-hybridized carbons (Fsp3) is 0.316. The molecule has 1 aliphatic rings. The van der Waals surface area contributed by atoms with Crippen LogP contribution in [0.4, 0.5) is 8.78 Å². The van der Waals surface area contributed by atoms with Crippen molar-refractivity contribution >= 4 is 5.91 Å². The molecule has 1 aliphatic heterocycles. The topological polar surface area (TPSA) is 49.8 Å². The van der Waals surface area contributed by atoms with Crippen LogP contribution in [0.5, 0.6) is 5.75 Å². The third-order valence-electron chi connectivity index (χ3n) is 4.26. The Morgan fingerprint density at radius 2 is 1.88 bits per heavy atom. The third kappa shape index (κ3) is 4.14. The van der Waals surface area contributed by atoms with Crippen LogP contribution in [0.15, 0.2) is 48.5 Å². The molecular weight excluding hydrogens is 328 g/mol. The van der Waals surface area contributed by atoms with Gasteiger partial charge < -0.3 is 14.7 Å². The van der Waals surface area contributed by atoms with Crippen molar-refractivity contribution in [2.24, 2.45) is 0 Å². The molecule has 0 bridgehead atoms. The van der Waals surface area contributed by atoms with Crippen LogP contribution in [0.2, 0.25) is 0 Å². The first-order chi connectivity index (χ1) is 12.0. The first-order valence-corrected chi connectivity index (χ1v) is 8.15. The molecular formula is C19H19F2NO3. The maximum Gasteiger partial charge on any atom is 0.226 e. The summed E-state index contributed by atoms with van der Waals surface area (Å²) in [6.07, 6.45) is -0.143. The van der Waals surface area contributed by atoms with Gasteiger partial charge in [-0.2, -0.15) is 0 Å². The van der Waals surface area contributed by atoms with Gasteiger partial charge in [-0.25, -0.2) is 8.78 Å². The van der Waals surface area contributed by atoms with Crippen molar-refractivity contribution in [3.8, 4) is 5.75 Å². The Hall–Kier alpha value is -2.47. The number of likely N-dealkylation sites (tertiary alicyclic amines) is 1. The van der Waals surface area contributed by atoms with E-state index in [4.69, 9.17) is 4.74 Å². The van der Waals surface area contributed by atoms with Gasteiger partial charge >= 0.3 is 0 Å². The summed E-state index contributed by atoms with van der Waals surface area (Å²) < 4.78 is 31.9. The minimum atomic E-state index is -0.619. The van der Waals surface area contributed by atoms with Crippen molar-refractivity contribution in [2.45, 2.75) is 25.0 Å². The van der Waals surface area contributed by atoms with Gasteiger partial charge in [0.1, 0.15) is 5.82 Å². The predicted molar refractivity (Wildman–Crippen MR) is 88.0 cm³/mol. The quantitative estimate of drug-likeness (QED) is 0.904. The maximum absolute atomic E-state index is 13.5. The first kappa shape index (κ1) is 17.4. The summed E-state index contributed by atoms with van der Waals surface area (Å²) in [6, 6.07) is 11.6. The lowest BCUT2D eigenvalue weighted by atomic mass is 10.0. The Bertz CT molecular complexity index is 736. The fourth-order valence-electron chi connectivity index (χ4n) is 3.04. The molecule has 0 aromatic heterocycles. The largest absolute Gasteiger partial charge is 0.490 e. The van der Waals surface area contributed by atoms with Crippen molar-refractivity contribution < 1.29 is 23.4 Å². The monoisotopic (exact) mass is 347 g/mol. The molecule has 25 heavy (non-hydrogen) atoms.